The van der Waals surface area contributed by atoms with E-state index in [1.165, 1.54) is 5.56 Å². The molecule has 2 heterocycles. The summed E-state index contributed by atoms with van der Waals surface area (Å²) in [6, 6.07) is 22.0. The second-order valence-corrected chi connectivity index (χ2v) is 8.65. The van der Waals surface area contributed by atoms with Crippen molar-refractivity contribution in [3.05, 3.63) is 94.0 Å². The van der Waals surface area contributed by atoms with Gasteiger partial charge in [0, 0.05) is 0 Å². The first-order valence-corrected chi connectivity index (χ1v) is 11.2. The molecule has 0 spiro atoms. The van der Waals surface area contributed by atoms with Crippen LogP contribution in [0.4, 0.5) is 11.4 Å². The normalized spacial score (nSPS) is 22.5. The van der Waals surface area contributed by atoms with Gasteiger partial charge in [0.1, 0.15) is 5.92 Å². The van der Waals surface area contributed by atoms with Crippen LogP contribution in [-0.4, -0.2) is 17.9 Å². The molecule has 2 aliphatic rings. The summed E-state index contributed by atoms with van der Waals surface area (Å²) in [4.78, 5) is 34.3. The Bertz CT molecular complexity index is 1160. The third-order valence-electron chi connectivity index (χ3n) is 6.02. The zero-order valence-electron chi connectivity index (χ0n) is 17.2. The number of fused-ring (bicyclic) bond motifs is 1. The first kappa shape index (κ1) is 21.0. The molecule has 0 radical (unpaired) electrons. The van der Waals surface area contributed by atoms with E-state index < -0.39 is 24.0 Å². The predicted molar refractivity (Wildman–Crippen MR) is 125 cm³/mol. The van der Waals surface area contributed by atoms with Crippen molar-refractivity contribution in [1.82, 2.24) is 0 Å². The summed E-state index contributed by atoms with van der Waals surface area (Å²) in [6.07, 6.45) is -0.0579. The van der Waals surface area contributed by atoms with Gasteiger partial charge in [-0.1, -0.05) is 78.7 Å². The standard InChI is InChI=1S/C25H20Cl2N2O3/c1-2-15-11-13-16(14-12-15)21-20-23(32-29(21)17-7-4-3-5-8-17)25(31)28(24(20)30)22-18(26)9-6-10-19(22)27/h3-14,20-21,23H,2H2,1H3/t20-,21+,23+/m0/s1. The number of benzene rings is 3. The Balaban J connectivity index is 1.60. The van der Waals surface area contributed by atoms with Gasteiger partial charge in [0.05, 0.1) is 27.5 Å². The fraction of sp³-hybridized carbons (Fsp3) is 0.200. The van der Waals surface area contributed by atoms with E-state index in [4.69, 9.17) is 28.0 Å². The molecule has 3 atom stereocenters. The van der Waals surface area contributed by atoms with E-state index >= 15 is 0 Å². The van der Waals surface area contributed by atoms with E-state index in [1.54, 1.807) is 23.3 Å². The van der Waals surface area contributed by atoms with Crippen molar-refractivity contribution in [2.24, 2.45) is 5.92 Å². The van der Waals surface area contributed by atoms with Crippen molar-refractivity contribution >= 4 is 46.4 Å². The van der Waals surface area contributed by atoms with Crippen LogP contribution in [0.5, 0.6) is 0 Å². The van der Waals surface area contributed by atoms with Gasteiger partial charge < -0.3 is 0 Å². The number of aryl methyl sites for hydroxylation is 1. The van der Waals surface area contributed by atoms with Crippen molar-refractivity contribution in [2.75, 3.05) is 9.96 Å². The maximum absolute atomic E-state index is 13.7. The Morgan fingerprint density at radius 2 is 1.50 bits per heavy atom. The summed E-state index contributed by atoms with van der Waals surface area (Å²) in [7, 11) is 0. The van der Waals surface area contributed by atoms with Crippen LogP contribution in [0.1, 0.15) is 24.1 Å². The Morgan fingerprint density at radius 1 is 0.844 bits per heavy atom. The molecule has 0 saturated carbocycles. The average Bonchev–Trinajstić information content (AvgIpc) is 3.31. The first-order valence-electron chi connectivity index (χ1n) is 10.4. The number of hydroxylamine groups is 1. The van der Waals surface area contributed by atoms with Crippen molar-refractivity contribution in [2.45, 2.75) is 25.5 Å². The van der Waals surface area contributed by atoms with Crippen LogP contribution >= 0.6 is 23.2 Å². The summed E-state index contributed by atoms with van der Waals surface area (Å²) in [6.45, 7) is 2.09. The first-order chi connectivity index (χ1) is 15.5. The number of anilines is 2. The number of imide groups is 1. The molecule has 162 valence electrons. The minimum atomic E-state index is -0.967. The van der Waals surface area contributed by atoms with Crippen LogP contribution in [0, 0.1) is 5.92 Å². The summed E-state index contributed by atoms with van der Waals surface area (Å²) >= 11 is 12.7. The van der Waals surface area contributed by atoms with E-state index in [9.17, 15) is 9.59 Å². The zero-order valence-corrected chi connectivity index (χ0v) is 18.8. The van der Waals surface area contributed by atoms with Crippen LogP contribution in [0.2, 0.25) is 10.0 Å². The van der Waals surface area contributed by atoms with Crippen molar-refractivity contribution < 1.29 is 14.4 Å². The lowest BCUT2D eigenvalue weighted by Gasteiger charge is -2.29. The lowest BCUT2D eigenvalue weighted by atomic mass is 9.90. The highest BCUT2D eigenvalue weighted by atomic mass is 35.5. The molecular weight excluding hydrogens is 447 g/mol. The van der Waals surface area contributed by atoms with Crippen molar-refractivity contribution in [3.63, 3.8) is 0 Å². The maximum atomic E-state index is 13.7. The maximum Gasteiger partial charge on any atom is 0.266 e. The molecule has 0 aliphatic carbocycles. The minimum Gasteiger partial charge on any atom is -0.273 e. The zero-order chi connectivity index (χ0) is 22.4. The van der Waals surface area contributed by atoms with E-state index in [0.29, 0.717) is 0 Å². The van der Waals surface area contributed by atoms with Gasteiger partial charge in [-0.2, -0.15) is 0 Å². The van der Waals surface area contributed by atoms with Crippen LogP contribution in [0.15, 0.2) is 72.8 Å². The number of hydrogen-bond acceptors (Lipinski definition) is 4. The molecule has 0 unspecified atom stereocenters. The summed E-state index contributed by atoms with van der Waals surface area (Å²) in [5, 5.41) is 2.16. The SMILES string of the molecule is CCc1ccc([C@@H]2[C@@H]3C(=O)N(c4c(Cl)cccc4Cl)C(=O)[C@@H]3ON2c2ccccc2)cc1. The Kier molecular flexibility index (Phi) is 5.41. The molecule has 2 saturated heterocycles. The second kappa shape index (κ2) is 8.24. The summed E-state index contributed by atoms with van der Waals surface area (Å²) in [5.74, 6) is -1.58. The molecule has 7 heteroatoms. The molecule has 2 fully saturated rings. The molecule has 2 amide bonds. The van der Waals surface area contributed by atoms with Gasteiger partial charge >= 0.3 is 0 Å². The molecule has 0 bridgehead atoms. The average molecular weight is 467 g/mol. The van der Waals surface area contributed by atoms with Crippen LogP contribution in [0.3, 0.4) is 0 Å². The lowest BCUT2D eigenvalue weighted by molar-refractivity contribution is -0.126. The Hall–Kier alpha value is -2.86. The number of amides is 2. The van der Waals surface area contributed by atoms with Gasteiger partial charge in [-0.15, -0.1) is 0 Å². The van der Waals surface area contributed by atoms with Gasteiger partial charge in [-0.25, -0.2) is 9.96 Å². The van der Waals surface area contributed by atoms with Gasteiger partial charge in [-0.3, -0.25) is 14.4 Å². The minimum absolute atomic E-state index is 0.204. The number of carbonyl (C=O) groups excluding carboxylic acids is 2. The molecule has 32 heavy (non-hydrogen) atoms. The lowest BCUT2D eigenvalue weighted by Crippen LogP contribution is -2.37. The van der Waals surface area contributed by atoms with Crippen molar-refractivity contribution in [3.8, 4) is 0 Å². The number of hydrogen-bond donors (Lipinski definition) is 0. The summed E-state index contributed by atoms with van der Waals surface area (Å²) < 4.78 is 0. The topological polar surface area (TPSA) is 49.9 Å². The van der Waals surface area contributed by atoms with Crippen LogP contribution in [0.25, 0.3) is 0 Å². The highest BCUT2D eigenvalue weighted by Crippen LogP contribution is 2.49. The van der Waals surface area contributed by atoms with Gasteiger partial charge in [0.15, 0.2) is 6.10 Å². The number of nitrogens with zero attached hydrogens (tertiary/aromatic N) is 2. The molecule has 0 N–H and O–H groups in total. The molecule has 2 aliphatic heterocycles. The summed E-state index contributed by atoms with van der Waals surface area (Å²) in [5.41, 5.74) is 3.06. The molecule has 5 rings (SSSR count). The predicted octanol–water partition coefficient (Wildman–Crippen LogP) is 5.61. The monoisotopic (exact) mass is 466 g/mol. The van der Waals surface area contributed by atoms with Gasteiger partial charge in [0.2, 0.25) is 5.91 Å². The third-order valence-corrected chi connectivity index (χ3v) is 6.63. The molecule has 3 aromatic carbocycles. The van der Waals surface area contributed by atoms with Crippen LogP contribution in [-0.2, 0) is 20.8 Å². The smallest absolute Gasteiger partial charge is 0.266 e. The quantitative estimate of drug-likeness (QED) is 0.469. The largest absolute Gasteiger partial charge is 0.273 e. The fourth-order valence-electron chi connectivity index (χ4n) is 4.43. The van der Waals surface area contributed by atoms with Gasteiger partial charge in [0.25, 0.3) is 5.91 Å². The molecule has 0 aromatic heterocycles. The number of halogens is 2. The fourth-order valence-corrected chi connectivity index (χ4v) is 4.99. The third kappa shape index (κ3) is 3.28. The number of rotatable bonds is 4. The van der Waals surface area contributed by atoms with E-state index in [0.717, 1.165) is 22.6 Å². The Morgan fingerprint density at radius 3 is 2.12 bits per heavy atom. The highest BCUT2D eigenvalue weighted by molar-refractivity contribution is 6.42. The second-order valence-electron chi connectivity index (χ2n) is 7.84. The van der Waals surface area contributed by atoms with Crippen molar-refractivity contribution in [1.29, 1.82) is 0 Å². The number of carbonyl (C=O) groups is 2. The van der Waals surface area contributed by atoms with E-state index in [2.05, 4.69) is 6.92 Å². The van der Waals surface area contributed by atoms with Gasteiger partial charge in [-0.05, 0) is 41.8 Å². The van der Waals surface area contributed by atoms with E-state index in [1.807, 2.05) is 54.6 Å². The Labute approximate surface area is 196 Å². The van der Waals surface area contributed by atoms with Crippen LogP contribution < -0.4 is 9.96 Å². The van der Waals surface area contributed by atoms with E-state index in [-0.39, 0.29) is 21.6 Å². The molecule has 5 nitrogen and oxygen atoms in total. The molecular formula is C25H20Cl2N2O3. The number of para-hydroxylation sites is 2. The highest BCUT2D eigenvalue weighted by Gasteiger charge is 2.60. The molecule has 3 aromatic rings.